The van der Waals surface area contributed by atoms with Gasteiger partial charge in [0.25, 0.3) is 0 Å². The van der Waals surface area contributed by atoms with Crippen molar-refractivity contribution in [3.63, 3.8) is 0 Å². The first-order valence-electron chi connectivity index (χ1n) is 7.68. The van der Waals surface area contributed by atoms with Crippen LogP contribution in [0.1, 0.15) is 24.1 Å². The first-order chi connectivity index (χ1) is 10.2. The fourth-order valence-corrected chi connectivity index (χ4v) is 2.76. The van der Waals surface area contributed by atoms with Gasteiger partial charge in [-0.25, -0.2) is 0 Å². The van der Waals surface area contributed by atoms with Crippen LogP contribution in [-0.2, 0) is 6.42 Å². The molecular formula is C19H26N2. The summed E-state index contributed by atoms with van der Waals surface area (Å²) in [6, 6.07) is 22.2. The molecule has 0 aliphatic heterocycles. The zero-order valence-corrected chi connectivity index (χ0v) is 13.3. The van der Waals surface area contributed by atoms with Gasteiger partial charge in [-0.3, -0.25) is 0 Å². The maximum atomic E-state index is 3.46. The average molecular weight is 282 g/mol. The summed E-state index contributed by atoms with van der Waals surface area (Å²) in [5.74, 6) is 0. The minimum Gasteiger partial charge on any atom is -0.312 e. The van der Waals surface area contributed by atoms with Crippen molar-refractivity contribution < 1.29 is 0 Å². The number of hydrogen-bond acceptors (Lipinski definition) is 2. The summed E-state index contributed by atoms with van der Waals surface area (Å²) in [4.78, 5) is 2.43. The quantitative estimate of drug-likeness (QED) is 0.836. The molecule has 2 aromatic rings. The van der Waals surface area contributed by atoms with Crippen molar-refractivity contribution in [3.8, 4) is 0 Å². The molecule has 0 spiro atoms. The van der Waals surface area contributed by atoms with Crippen LogP contribution < -0.4 is 5.32 Å². The standard InChI is InChI=1S/C19H26N2/c1-16(19(20-2)18-12-8-5-9-13-18)21(3)15-14-17-10-6-4-7-11-17/h4-13,16,19-20H,14-15H2,1-3H3. The van der Waals surface area contributed by atoms with Crippen LogP contribution in [0.4, 0.5) is 0 Å². The molecule has 0 bridgehead atoms. The zero-order valence-electron chi connectivity index (χ0n) is 13.3. The van der Waals surface area contributed by atoms with Crippen molar-refractivity contribution in [3.05, 3.63) is 71.8 Å². The second-order valence-electron chi connectivity index (χ2n) is 5.63. The van der Waals surface area contributed by atoms with Crippen LogP contribution >= 0.6 is 0 Å². The molecule has 21 heavy (non-hydrogen) atoms. The first-order valence-corrected chi connectivity index (χ1v) is 7.68. The van der Waals surface area contributed by atoms with Gasteiger partial charge in [0.15, 0.2) is 0 Å². The van der Waals surface area contributed by atoms with Gasteiger partial charge in [0.05, 0.1) is 0 Å². The summed E-state index contributed by atoms with van der Waals surface area (Å²) in [5, 5.41) is 3.46. The average Bonchev–Trinajstić information content (AvgIpc) is 2.55. The van der Waals surface area contributed by atoms with Crippen LogP contribution in [0.2, 0.25) is 0 Å². The van der Waals surface area contributed by atoms with Gasteiger partial charge in [-0.2, -0.15) is 0 Å². The second kappa shape index (κ2) is 7.96. The first kappa shape index (κ1) is 15.7. The maximum Gasteiger partial charge on any atom is 0.0472 e. The van der Waals surface area contributed by atoms with Gasteiger partial charge >= 0.3 is 0 Å². The lowest BCUT2D eigenvalue weighted by atomic mass is 9.99. The molecule has 0 saturated carbocycles. The summed E-state index contributed by atoms with van der Waals surface area (Å²) >= 11 is 0. The van der Waals surface area contributed by atoms with E-state index in [-0.39, 0.29) is 0 Å². The molecule has 1 N–H and O–H groups in total. The van der Waals surface area contributed by atoms with Crippen LogP contribution in [0.25, 0.3) is 0 Å². The number of rotatable bonds is 7. The van der Waals surface area contributed by atoms with E-state index in [0.717, 1.165) is 13.0 Å². The third-order valence-corrected chi connectivity index (χ3v) is 4.24. The Hall–Kier alpha value is -1.64. The molecule has 2 atom stereocenters. The zero-order chi connectivity index (χ0) is 15.1. The van der Waals surface area contributed by atoms with E-state index in [9.17, 15) is 0 Å². The molecule has 0 aromatic heterocycles. The second-order valence-corrected chi connectivity index (χ2v) is 5.63. The van der Waals surface area contributed by atoms with Gasteiger partial charge in [0.1, 0.15) is 0 Å². The van der Waals surface area contributed by atoms with E-state index in [2.05, 4.69) is 84.9 Å². The minimum absolute atomic E-state index is 0.354. The van der Waals surface area contributed by atoms with Crippen molar-refractivity contribution in [2.24, 2.45) is 0 Å². The monoisotopic (exact) mass is 282 g/mol. The maximum absolute atomic E-state index is 3.46. The van der Waals surface area contributed by atoms with Crippen LogP contribution in [-0.4, -0.2) is 31.6 Å². The highest BCUT2D eigenvalue weighted by atomic mass is 15.2. The largest absolute Gasteiger partial charge is 0.312 e. The van der Waals surface area contributed by atoms with Crippen molar-refractivity contribution >= 4 is 0 Å². The van der Waals surface area contributed by atoms with E-state index in [0.29, 0.717) is 12.1 Å². The van der Waals surface area contributed by atoms with Crippen molar-refractivity contribution in [2.45, 2.75) is 25.4 Å². The smallest absolute Gasteiger partial charge is 0.0472 e. The molecule has 0 fully saturated rings. The number of nitrogens with one attached hydrogen (secondary N) is 1. The van der Waals surface area contributed by atoms with E-state index in [1.54, 1.807) is 0 Å². The molecule has 0 heterocycles. The molecule has 0 radical (unpaired) electrons. The van der Waals surface area contributed by atoms with Gasteiger partial charge in [0.2, 0.25) is 0 Å². The van der Waals surface area contributed by atoms with E-state index in [1.165, 1.54) is 11.1 Å². The molecule has 0 saturated heterocycles. The molecular weight excluding hydrogens is 256 g/mol. The Bertz CT molecular complexity index is 510. The molecule has 2 unspecified atom stereocenters. The van der Waals surface area contributed by atoms with E-state index in [1.807, 2.05) is 7.05 Å². The Labute approximate surface area is 128 Å². The lowest BCUT2D eigenvalue weighted by Gasteiger charge is -2.32. The number of likely N-dealkylation sites (N-methyl/N-ethyl adjacent to an activating group) is 2. The van der Waals surface area contributed by atoms with Gasteiger partial charge in [0, 0.05) is 18.6 Å². The van der Waals surface area contributed by atoms with Crippen LogP contribution in [0.3, 0.4) is 0 Å². The topological polar surface area (TPSA) is 15.3 Å². The minimum atomic E-state index is 0.354. The highest BCUT2D eigenvalue weighted by molar-refractivity contribution is 5.20. The lowest BCUT2D eigenvalue weighted by molar-refractivity contribution is 0.214. The van der Waals surface area contributed by atoms with Crippen LogP contribution in [0.5, 0.6) is 0 Å². The molecule has 0 amide bonds. The molecule has 112 valence electrons. The van der Waals surface area contributed by atoms with Gasteiger partial charge in [-0.1, -0.05) is 60.7 Å². The molecule has 0 aliphatic rings. The van der Waals surface area contributed by atoms with Gasteiger partial charge in [-0.15, -0.1) is 0 Å². The lowest BCUT2D eigenvalue weighted by Crippen LogP contribution is -2.40. The Morgan fingerprint density at radius 3 is 2.10 bits per heavy atom. The van der Waals surface area contributed by atoms with Crippen LogP contribution in [0.15, 0.2) is 60.7 Å². The Morgan fingerprint density at radius 2 is 1.52 bits per heavy atom. The molecule has 0 aliphatic carbocycles. The predicted octanol–water partition coefficient (Wildman–Crippen LogP) is 3.51. The third-order valence-electron chi connectivity index (χ3n) is 4.24. The highest BCUT2D eigenvalue weighted by Crippen LogP contribution is 2.19. The normalized spacial score (nSPS) is 14.1. The summed E-state index contributed by atoms with van der Waals surface area (Å²) in [7, 11) is 4.25. The van der Waals surface area contributed by atoms with Crippen molar-refractivity contribution in [1.29, 1.82) is 0 Å². The van der Waals surface area contributed by atoms with Crippen molar-refractivity contribution in [2.75, 3.05) is 20.6 Å². The van der Waals surface area contributed by atoms with Gasteiger partial charge in [-0.05, 0) is 38.6 Å². The number of hydrogen-bond donors (Lipinski definition) is 1. The van der Waals surface area contributed by atoms with Gasteiger partial charge < -0.3 is 10.2 Å². The molecule has 2 rings (SSSR count). The fourth-order valence-electron chi connectivity index (χ4n) is 2.76. The summed E-state index contributed by atoms with van der Waals surface area (Å²) < 4.78 is 0. The third kappa shape index (κ3) is 4.42. The van der Waals surface area contributed by atoms with E-state index < -0.39 is 0 Å². The molecule has 2 heteroatoms. The summed E-state index contributed by atoms with van der Waals surface area (Å²) in [6.45, 7) is 3.36. The number of benzene rings is 2. The highest BCUT2D eigenvalue weighted by Gasteiger charge is 2.20. The predicted molar refractivity (Wildman–Crippen MR) is 90.5 cm³/mol. The SMILES string of the molecule is CNC(c1ccccc1)C(C)N(C)CCc1ccccc1. The Balaban J connectivity index is 1.96. The van der Waals surface area contributed by atoms with E-state index in [4.69, 9.17) is 0 Å². The summed E-state index contributed by atoms with van der Waals surface area (Å²) in [6.07, 6.45) is 1.09. The fraction of sp³-hybridized carbons (Fsp3) is 0.368. The van der Waals surface area contributed by atoms with E-state index >= 15 is 0 Å². The Kier molecular flexibility index (Phi) is 5.97. The molecule has 2 nitrogen and oxygen atoms in total. The Morgan fingerprint density at radius 1 is 0.952 bits per heavy atom. The van der Waals surface area contributed by atoms with Crippen molar-refractivity contribution in [1.82, 2.24) is 10.2 Å². The molecule has 2 aromatic carbocycles. The summed E-state index contributed by atoms with van der Waals surface area (Å²) in [5.41, 5.74) is 2.75. The number of nitrogens with zero attached hydrogens (tertiary/aromatic N) is 1. The van der Waals surface area contributed by atoms with Crippen LogP contribution in [0, 0.1) is 0 Å².